The number of benzene rings is 2. The summed E-state index contributed by atoms with van der Waals surface area (Å²) in [6, 6.07) is 15.7. The van der Waals surface area contributed by atoms with E-state index in [1.54, 1.807) is 6.92 Å². The van der Waals surface area contributed by atoms with Gasteiger partial charge in [-0.1, -0.05) is 44.7 Å². The highest BCUT2D eigenvalue weighted by Gasteiger charge is 2.23. The standard InChI is InChI=1S/C25H32O6/c1-6-28-17-31-23-13-9-20(10-14-23)25(4,5)19-7-11-22(12-8-19)29-15-21(26)16-30-24(27)18(2)3/h7-14,21,26H,2,6,15-17H2,1,3-5H3. The van der Waals surface area contributed by atoms with Crippen LogP contribution in [0.2, 0.25) is 0 Å². The molecule has 0 spiro atoms. The zero-order valence-corrected chi connectivity index (χ0v) is 18.7. The van der Waals surface area contributed by atoms with E-state index in [0.29, 0.717) is 17.9 Å². The van der Waals surface area contributed by atoms with Crippen molar-refractivity contribution >= 4 is 5.97 Å². The molecule has 0 aromatic heterocycles. The van der Waals surface area contributed by atoms with Crippen molar-refractivity contribution in [3.05, 3.63) is 71.8 Å². The Bertz CT molecular complexity index is 839. The van der Waals surface area contributed by atoms with E-state index in [-0.39, 0.29) is 25.4 Å². The molecule has 6 heteroatoms. The number of rotatable bonds is 12. The molecule has 0 fully saturated rings. The highest BCUT2D eigenvalue weighted by Crippen LogP contribution is 2.33. The number of hydrogen-bond donors (Lipinski definition) is 1. The summed E-state index contributed by atoms with van der Waals surface area (Å²) in [5.41, 5.74) is 2.35. The molecule has 0 aliphatic carbocycles. The molecule has 0 aliphatic heterocycles. The van der Waals surface area contributed by atoms with Gasteiger partial charge in [0.15, 0.2) is 6.79 Å². The quantitative estimate of drug-likeness (QED) is 0.236. The van der Waals surface area contributed by atoms with Crippen LogP contribution in [0, 0.1) is 0 Å². The Hall–Kier alpha value is -2.83. The lowest BCUT2D eigenvalue weighted by Crippen LogP contribution is -2.25. The summed E-state index contributed by atoms with van der Waals surface area (Å²) >= 11 is 0. The van der Waals surface area contributed by atoms with Crippen LogP contribution in [0.4, 0.5) is 0 Å². The zero-order chi connectivity index (χ0) is 22.9. The molecule has 31 heavy (non-hydrogen) atoms. The Morgan fingerprint density at radius 3 is 1.97 bits per heavy atom. The van der Waals surface area contributed by atoms with Crippen molar-refractivity contribution in [2.75, 3.05) is 26.6 Å². The molecule has 168 valence electrons. The first kappa shape index (κ1) is 24.4. The maximum atomic E-state index is 11.4. The maximum Gasteiger partial charge on any atom is 0.333 e. The van der Waals surface area contributed by atoms with Crippen molar-refractivity contribution in [2.45, 2.75) is 39.2 Å². The van der Waals surface area contributed by atoms with Gasteiger partial charge in [-0.2, -0.15) is 0 Å². The van der Waals surface area contributed by atoms with Gasteiger partial charge in [-0.25, -0.2) is 4.79 Å². The highest BCUT2D eigenvalue weighted by atomic mass is 16.7. The van der Waals surface area contributed by atoms with Crippen LogP contribution in [0.1, 0.15) is 38.8 Å². The number of ether oxygens (including phenoxy) is 4. The molecule has 0 saturated carbocycles. The van der Waals surface area contributed by atoms with E-state index in [0.717, 1.165) is 16.9 Å². The van der Waals surface area contributed by atoms with Crippen molar-refractivity contribution in [1.82, 2.24) is 0 Å². The largest absolute Gasteiger partial charge is 0.491 e. The predicted molar refractivity (Wildman–Crippen MR) is 119 cm³/mol. The van der Waals surface area contributed by atoms with E-state index in [2.05, 4.69) is 20.4 Å². The molecular formula is C25H32O6. The van der Waals surface area contributed by atoms with Gasteiger partial charge in [0.1, 0.15) is 30.8 Å². The monoisotopic (exact) mass is 428 g/mol. The number of carbonyl (C=O) groups excluding carboxylic acids is 1. The first-order chi connectivity index (χ1) is 14.7. The molecule has 0 aliphatic rings. The Labute approximate surface area is 184 Å². The molecule has 0 bridgehead atoms. The fourth-order valence-corrected chi connectivity index (χ4v) is 2.83. The number of hydrogen-bond acceptors (Lipinski definition) is 6. The van der Waals surface area contributed by atoms with Crippen LogP contribution >= 0.6 is 0 Å². The Kier molecular flexibility index (Phi) is 9.09. The smallest absolute Gasteiger partial charge is 0.333 e. The molecule has 0 heterocycles. The highest BCUT2D eigenvalue weighted by molar-refractivity contribution is 5.86. The summed E-state index contributed by atoms with van der Waals surface area (Å²) < 4.78 is 21.3. The summed E-state index contributed by atoms with van der Waals surface area (Å²) in [7, 11) is 0. The van der Waals surface area contributed by atoms with Gasteiger partial charge in [0.2, 0.25) is 0 Å². The molecular weight excluding hydrogens is 396 g/mol. The summed E-state index contributed by atoms with van der Waals surface area (Å²) in [6.07, 6.45) is -0.914. The fraction of sp³-hybridized carbons (Fsp3) is 0.400. The van der Waals surface area contributed by atoms with Gasteiger partial charge in [-0.15, -0.1) is 0 Å². The molecule has 2 aromatic rings. The van der Waals surface area contributed by atoms with E-state index in [9.17, 15) is 9.90 Å². The average Bonchev–Trinajstić information content (AvgIpc) is 2.76. The van der Waals surface area contributed by atoms with Crippen LogP contribution in [0.3, 0.4) is 0 Å². The second-order valence-corrected chi connectivity index (χ2v) is 7.77. The minimum atomic E-state index is -0.914. The van der Waals surface area contributed by atoms with Crippen LogP contribution < -0.4 is 9.47 Å². The molecule has 2 aromatic carbocycles. The summed E-state index contributed by atoms with van der Waals surface area (Å²) in [6.45, 7) is 12.0. The number of aliphatic hydroxyl groups excluding tert-OH is 1. The molecule has 0 radical (unpaired) electrons. The van der Waals surface area contributed by atoms with Crippen molar-refractivity contribution in [1.29, 1.82) is 0 Å². The first-order valence-electron chi connectivity index (χ1n) is 10.3. The van der Waals surface area contributed by atoms with Crippen molar-refractivity contribution in [3.8, 4) is 11.5 Å². The van der Waals surface area contributed by atoms with Gasteiger partial charge in [0.25, 0.3) is 0 Å². The summed E-state index contributed by atoms with van der Waals surface area (Å²) in [5, 5.41) is 9.91. The number of aliphatic hydroxyl groups is 1. The van der Waals surface area contributed by atoms with E-state index in [1.807, 2.05) is 55.5 Å². The van der Waals surface area contributed by atoms with Gasteiger partial charge in [-0.05, 0) is 49.2 Å². The molecule has 1 unspecified atom stereocenters. The van der Waals surface area contributed by atoms with E-state index >= 15 is 0 Å². The Balaban J connectivity index is 1.92. The second-order valence-electron chi connectivity index (χ2n) is 7.77. The summed E-state index contributed by atoms with van der Waals surface area (Å²) in [5.74, 6) is 0.869. The Morgan fingerprint density at radius 2 is 1.48 bits per heavy atom. The van der Waals surface area contributed by atoms with Crippen LogP contribution in [0.5, 0.6) is 11.5 Å². The fourth-order valence-electron chi connectivity index (χ4n) is 2.83. The normalized spacial score (nSPS) is 12.2. The molecule has 1 N–H and O–H groups in total. The molecule has 0 amide bonds. The third kappa shape index (κ3) is 7.42. The van der Waals surface area contributed by atoms with E-state index in [4.69, 9.17) is 18.9 Å². The Morgan fingerprint density at radius 1 is 0.968 bits per heavy atom. The molecule has 6 nitrogen and oxygen atoms in total. The molecule has 1 atom stereocenters. The van der Waals surface area contributed by atoms with Gasteiger partial charge < -0.3 is 24.1 Å². The SMILES string of the molecule is C=C(C)C(=O)OCC(O)COc1ccc(C(C)(C)c2ccc(OCOCC)cc2)cc1. The van der Waals surface area contributed by atoms with Crippen LogP contribution in [0.15, 0.2) is 60.7 Å². The zero-order valence-electron chi connectivity index (χ0n) is 18.7. The lowest BCUT2D eigenvalue weighted by molar-refractivity contribution is -0.142. The first-order valence-corrected chi connectivity index (χ1v) is 10.3. The lowest BCUT2D eigenvalue weighted by atomic mass is 9.78. The van der Waals surface area contributed by atoms with Gasteiger partial charge in [0, 0.05) is 17.6 Å². The average molecular weight is 429 g/mol. The molecule has 0 saturated heterocycles. The van der Waals surface area contributed by atoms with Crippen molar-refractivity contribution in [3.63, 3.8) is 0 Å². The van der Waals surface area contributed by atoms with E-state index < -0.39 is 12.1 Å². The van der Waals surface area contributed by atoms with Gasteiger partial charge in [0.05, 0.1) is 0 Å². The minimum Gasteiger partial charge on any atom is -0.491 e. The topological polar surface area (TPSA) is 74.2 Å². The van der Waals surface area contributed by atoms with Crippen molar-refractivity contribution < 1.29 is 28.8 Å². The van der Waals surface area contributed by atoms with Crippen LogP contribution in [-0.2, 0) is 19.7 Å². The second kappa shape index (κ2) is 11.5. The lowest BCUT2D eigenvalue weighted by Gasteiger charge is -2.26. The molecule has 2 rings (SSSR count). The van der Waals surface area contributed by atoms with Gasteiger partial charge in [-0.3, -0.25) is 0 Å². The predicted octanol–water partition coefficient (Wildman–Crippen LogP) is 4.24. The third-order valence-electron chi connectivity index (χ3n) is 4.86. The van der Waals surface area contributed by atoms with Crippen LogP contribution in [0.25, 0.3) is 0 Å². The van der Waals surface area contributed by atoms with Crippen LogP contribution in [-0.4, -0.2) is 43.8 Å². The minimum absolute atomic E-state index is 0.0232. The number of carbonyl (C=O) groups is 1. The van der Waals surface area contributed by atoms with Gasteiger partial charge >= 0.3 is 5.97 Å². The summed E-state index contributed by atoms with van der Waals surface area (Å²) in [4.78, 5) is 11.4. The van der Waals surface area contributed by atoms with Crippen molar-refractivity contribution in [2.24, 2.45) is 0 Å². The maximum absolute atomic E-state index is 11.4. The van der Waals surface area contributed by atoms with E-state index in [1.165, 1.54) is 0 Å². The number of esters is 1. The third-order valence-corrected chi connectivity index (χ3v) is 4.86.